The minimum Gasteiger partial charge on any atom is -0.356 e. The third kappa shape index (κ3) is 3.86. The van der Waals surface area contributed by atoms with Gasteiger partial charge in [0.1, 0.15) is 11.5 Å². The Labute approximate surface area is 141 Å². The van der Waals surface area contributed by atoms with E-state index in [4.69, 9.17) is 4.52 Å². The molecule has 1 amide bonds. The highest BCUT2D eigenvalue weighted by molar-refractivity contribution is 5.94. The summed E-state index contributed by atoms with van der Waals surface area (Å²) in [6.07, 6.45) is 0. The number of non-ortho nitro benzene ring substituents is 1. The number of nitro groups is 1. The van der Waals surface area contributed by atoms with Crippen molar-refractivity contribution >= 4 is 11.6 Å². The Hall–Kier alpha value is -3.55. The summed E-state index contributed by atoms with van der Waals surface area (Å²) in [6.45, 7) is 0.126. The van der Waals surface area contributed by atoms with Crippen LogP contribution in [0.1, 0.15) is 16.1 Å². The molecule has 126 valence electrons. The van der Waals surface area contributed by atoms with E-state index in [-0.39, 0.29) is 24.0 Å². The Bertz CT molecular complexity index is 904. The van der Waals surface area contributed by atoms with Gasteiger partial charge in [-0.1, -0.05) is 5.16 Å². The minimum atomic E-state index is -0.534. The summed E-state index contributed by atoms with van der Waals surface area (Å²) in [5.41, 5.74) is 1.38. The molecule has 3 aromatic rings. The van der Waals surface area contributed by atoms with Crippen molar-refractivity contribution in [1.29, 1.82) is 0 Å². The first-order valence-corrected chi connectivity index (χ1v) is 7.27. The van der Waals surface area contributed by atoms with Crippen molar-refractivity contribution in [2.24, 2.45) is 0 Å². The highest BCUT2D eigenvalue weighted by atomic mass is 19.1. The largest absolute Gasteiger partial charge is 0.356 e. The molecule has 0 fully saturated rings. The van der Waals surface area contributed by atoms with E-state index in [0.29, 0.717) is 22.6 Å². The molecule has 0 saturated heterocycles. The third-order valence-electron chi connectivity index (χ3n) is 3.46. The monoisotopic (exact) mass is 341 g/mol. The molecule has 7 nitrogen and oxygen atoms in total. The van der Waals surface area contributed by atoms with E-state index in [1.165, 1.54) is 36.4 Å². The standard InChI is InChI=1S/C17H12FN3O4/c18-13-5-1-11(2-6-13)16-9-14(20-25-16)10-19-17(22)12-3-7-15(8-4-12)21(23)24/h1-9H,10H2,(H,19,22). The number of carbonyl (C=O) groups excluding carboxylic acids is 1. The fraction of sp³-hybridized carbons (Fsp3) is 0.0588. The van der Waals surface area contributed by atoms with Crippen LogP contribution < -0.4 is 5.32 Å². The van der Waals surface area contributed by atoms with Crippen LogP contribution in [0.5, 0.6) is 0 Å². The van der Waals surface area contributed by atoms with Crippen LogP contribution in [0.2, 0.25) is 0 Å². The summed E-state index contributed by atoms with van der Waals surface area (Å²) in [7, 11) is 0. The van der Waals surface area contributed by atoms with Crippen molar-refractivity contribution in [3.8, 4) is 11.3 Å². The lowest BCUT2D eigenvalue weighted by Gasteiger charge is -2.02. The van der Waals surface area contributed by atoms with E-state index in [9.17, 15) is 19.3 Å². The third-order valence-corrected chi connectivity index (χ3v) is 3.46. The number of carbonyl (C=O) groups is 1. The number of benzene rings is 2. The van der Waals surface area contributed by atoms with E-state index in [0.717, 1.165) is 0 Å². The second kappa shape index (κ2) is 6.91. The lowest BCUT2D eigenvalue weighted by molar-refractivity contribution is -0.384. The molecule has 1 N–H and O–H groups in total. The number of nitro benzene ring substituents is 1. The van der Waals surface area contributed by atoms with Crippen molar-refractivity contribution in [3.63, 3.8) is 0 Å². The van der Waals surface area contributed by atoms with Crippen molar-refractivity contribution in [1.82, 2.24) is 10.5 Å². The molecule has 0 aliphatic heterocycles. The maximum Gasteiger partial charge on any atom is 0.269 e. The van der Waals surface area contributed by atoms with Crippen LogP contribution in [0.15, 0.2) is 59.1 Å². The number of nitrogens with one attached hydrogen (secondary N) is 1. The topological polar surface area (TPSA) is 98.3 Å². The number of hydrogen-bond acceptors (Lipinski definition) is 5. The van der Waals surface area contributed by atoms with Gasteiger partial charge in [-0.25, -0.2) is 4.39 Å². The molecule has 0 unspecified atom stereocenters. The Morgan fingerprint density at radius 1 is 1.16 bits per heavy atom. The predicted octanol–water partition coefficient (Wildman–Crippen LogP) is 3.32. The number of halogens is 1. The van der Waals surface area contributed by atoms with Crippen molar-refractivity contribution in [2.75, 3.05) is 0 Å². The summed E-state index contributed by atoms with van der Waals surface area (Å²) in [4.78, 5) is 22.1. The number of rotatable bonds is 5. The van der Waals surface area contributed by atoms with Gasteiger partial charge in [-0.15, -0.1) is 0 Å². The maximum atomic E-state index is 12.9. The molecular formula is C17H12FN3O4. The van der Waals surface area contributed by atoms with Crippen LogP contribution in [0, 0.1) is 15.9 Å². The molecule has 0 radical (unpaired) electrons. The molecule has 2 aromatic carbocycles. The number of nitrogens with zero attached hydrogens (tertiary/aromatic N) is 2. The summed E-state index contributed by atoms with van der Waals surface area (Å²) in [6, 6.07) is 12.7. The molecule has 0 bridgehead atoms. The predicted molar refractivity (Wildman–Crippen MR) is 86.2 cm³/mol. The zero-order chi connectivity index (χ0) is 17.8. The average molecular weight is 341 g/mol. The van der Waals surface area contributed by atoms with Gasteiger partial charge in [-0.3, -0.25) is 14.9 Å². The van der Waals surface area contributed by atoms with Gasteiger partial charge >= 0.3 is 0 Å². The Morgan fingerprint density at radius 2 is 1.84 bits per heavy atom. The zero-order valence-corrected chi connectivity index (χ0v) is 12.8. The minimum absolute atomic E-state index is 0.0861. The lowest BCUT2D eigenvalue weighted by Crippen LogP contribution is -2.22. The second-order valence-electron chi connectivity index (χ2n) is 5.18. The second-order valence-corrected chi connectivity index (χ2v) is 5.18. The molecule has 1 aromatic heterocycles. The van der Waals surface area contributed by atoms with Crippen molar-refractivity contribution in [3.05, 3.63) is 81.8 Å². The zero-order valence-electron chi connectivity index (χ0n) is 12.8. The molecule has 0 spiro atoms. The number of hydrogen-bond donors (Lipinski definition) is 1. The molecule has 3 rings (SSSR count). The number of aromatic nitrogens is 1. The highest BCUT2D eigenvalue weighted by Crippen LogP contribution is 2.20. The van der Waals surface area contributed by atoms with Gasteiger partial charge < -0.3 is 9.84 Å². The first-order valence-electron chi connectivity index (χ1n) is 7.27. The summed E-state index contributed by atoms with van der Waals surface area (Å²) < 4.78 is 18.1. The van der Waals surface area contributed by atoms with Crippen LogP contribution in [0.3, 0.4) is 0 Å². The Kier molecular flexibility index (Phi) is 4.51. The quantitative estimate of drug-likeness (QED) is 0.567. The fourth-order valence-corrected chi connectivity index (χ4v) is 2.15. The van der Waals surface area contributed by atoms with Gasteiger partial charge in [0.2, 0.25) is 0 Å². The molecular weight excluding hydrogens is 329 g/mol. The summed E-state index contributed by atoms with van der Waals surface area (Å²) in [5, 5.41) is 17.1. The van der Waals surface area contributed by atoms with Gasteiger partial charge in [0.25, 0.3) is 11.6 Å². The average Bonchev–Trinajstić information content (AvgIpc) is 3.09. The first-order chi connectivity index (χ1) is 12.0. The van der Waals surface area contributed by atoms with Crippen LogP contribution in [-0.2, 0) is 6.54 Å². The summed E-state index contributed by atoms with van der Waals surface area (Å²) >= 11 is 0. The van der Waals surface area contributed by atoms with Crippen LogP contribution in [-0.4, -0.2) is 16.0 Å². The van der Waals surface area contributed by atoms with Crippen molar-refractivity contribution < 1.29 is 18.6 Å². The SMILES string of the molecule is O=C(NCc1cc(-c2ccc(F)cc2)on1)c1ccc([N+](=O)[O-])cc1. The van der Waals surface area contributed by atoms with E-state index in [1.807, 2.05) is 0 Å². The highest BCUT2D eigenvalue weighted by Gasteiger charge is 2.11. The smallest absolute Gasteiger partial charge is 0.269 e. The molecule has 0 aliphatic rings. The number of amides is 1. The van der Waals surface area contributed by atoms with Crippen LogP contribution in [0.4, 0.5) is 10.1 Å². The Morgan fingerprint density at radius 3 is 2.48 bits per heavy atom. The van der Waals surface area contributed by atoms with E-state index in [2.05, 4.69) is 10.5 Å². The van der Waals surface area contributed by atoms with E-state index < -0.39 is 4.92 Å². The lowest BCUT2D eigenvalue weighted by atomic mass is 10.1. The van der Waals surface area contributed by atoms with Gasteiger partial charge in [-0.05, 0) is 36.4 Å². The fourth-order valence-electron chi connectivity index (χ4n) is 2.15. The molecule has 8 heteroatoms. The molecule has 0 atom stereocenters. The summed E-state index contributed by atoms with van der Waals surface area (Å²) in [5.74, 6) is -0.278. The maximum absolute atomic E-state index is 12.9. The molecule has 1 heterocycles. The Balaban J connectivity index is 1.62. The van der Waals surface area contributed by atoms with Crippen molar-refractivity contribution in [2.45, 2.75) is 6.54 Å². The van der Waals surface area contributed by atoms with Crippen LogP contribution >= 0.6 is 0 Å². The van der Waals surface area contributed by atoms with Gasteiger partial charge in [0, 0.05) is 29.3 Å². The van der Waals surface area contributed by atoms with Gasteiger partial charge in [0.05, 0.1) is 11.5 Å². The van der Waals surface area contributed by atoms with Crippen LogP contribution in [0.25, 0.3) is 11.3 Å². The normalized spacial score (nSPS) is 10.4. The first kappa shape index (κ1) is 16.3. The van der Waals surface area contributed by atoms with Gasteiger partial charge in [-0.2, -0.15) is 0 Å². The molecule has 25 heavy (non-hydrogen) atoms. The molecule has 0 saturated carbocycles. The van der Waals surface area contributed by atoms with Gasteiger partial charge in [0.15, 0.2) is 5.76 Å². The van der Waals surface area contributed by atoms with E-state index in [1.54, 1.807) is 18.2 Å². The molecule has 0 aliphatic carbocycles. The van der Waals surface area contributed by atoms with E-state index >= 15 is 0 Å².